The third-order valence-electron chi connectivity index (χ3n) is 3.01. The minimum atomic E-state index is -3.70. The lowest BCUT2D eigenvalue weighted by molar-refractivity contribution is 0.567. The van der Waals surface area contributed by atoms with Crippen molar-refractivity contribution < 1.29 is 8.42 Å². The van der Waals surface area contributed by atoms with Crippen molar-refractivity contribution in [2.24, 2.45) is 0 Å². The molecule has 0 aliphatic rings. The molecule has 0 saturated carbocycles. The second-order valence-electron chi connectivity index (χ2n) is 6.10. The van der Waals surface area contributed by atoms with Gasteiger partial charge in [0.1, 0.15) is 0 Å². The van der Waals surface area contributed by atoms with E-state index in [4.69, 9.17) is 5.73 Å². The molecule has 0 fully saturated rings. The number of anilines is 2. The first-order chi connectivity index (χ1) is 9.58. The summed E-state index contributed by atoms with van der Waals surface area (Å²) in [5.74, 6) is 0.264. The van der Waals surface area contributed by atoms with Gasteiger partial charge in [-0.15, -0.1) is 0 Å². The Bertz CT molecular complexity index is 737. The summed E-state index contributed by atoms with van der Waals surface area (Å²) in [6, 6.07) is 6.39. The van der Waals surface area contributed by atoms with E-state index in [0.717, 1.165) is 11.3 Å². The lowest BCUT2D eigenvalue weighted by atomic mass is 9.92. The van der Waals surface area contributed by atoms with E-state index in [1.807, 2.05) is 20.8 Å². The largest absolute Gasteiger partial charge is 0.399 e. The summed E-state index contributed by atoms with van der Waals surface area (Å²) in [5, 5.41) is 6.83. The zero-order chi connectivity index (χ0) is 15.8. The maximum absolute atomic E-state index is 12.3. The van der Waals surface area contributed by atoms with Gasteiger partial charge in [-0.05, 0) is 30.7 Å². The Balaban J connectivity index is 2.31. The number of nitrogen functional groups attached to an aromatic ring is 1. The predicted molar refractivity (Wildman–Crippen MR) is 83.7 cm³/mol. The quantitative estimate of drug-likeness (QED) is 0.758. The Morgan fingerprint density at radius 3 is 2.38 bits per heavy atom. The highest BCUT2D eigenvalue weighted by Gasteiger charge is 2.20. The molecule has 0 aliphatic carbocycles. The molecule has 0 spiro atoms. The number of nitrogens with zero attached hydrogens (tertiary/aromatic N) is 1. The number of aromatic amines is 1. The molecule has 114 valence electrons. The van der Waals surface area contributed by atoms with Crippen LogP contribution in [0.4, 0.5) is 11.5 Å². The molecule has 1 heterocycles. The zero-order valence-corrected chi connectivity index (χ0v) is 13.4. The Kier molecular flexibility index (Phi) is 3.71. The minimum absolute atomic E-state index is 0.125. The van der Waals surface area contributed by atoms with E-state index in [9.17, 15) is 8.42 Å². The number of benzene rings is 1. The van der Waals surface area contributed by atoms with Crippen LogP contribution in [0.25, 0.3) is 0 Å². The van der Waals surface area contributed by atoms with Gasteiger partial charge in [-0.1, -0.05) is 20.8 Å². The number of rotatable bonds is 3. The van der Waals surface area contributed by atoms with Gasteiger partial charge in [0.25, 0.3) is 10.0 Å². The van der Waals surface area contributed by atoms with Crippen LogP contribution in [-0.2, 0) is 15.4 Å². The van der Waals surface area contributed by atoms with Crippen LogP contribution < -0.4 is 10.5 Å². The number of H-pyrrole nitrogens is 1. The van der Waals surface area contributed by atoms with Gasteiger partial charge >= 0.3 is 0 Å². The Hall–Kier alpha value is -2.02. The predicted octanol–water partition coefficient (Wildman–Crippen LogP) is 2.40. The molecule has 0 amide bonds. The number of nitrogens with two attached hydrogens (primary N) is 1. The molecular formula is C14H20N4O2S. The van der Waals surface area contributed by atoms with Crippen molar-refractivity contribution >= 4 is 21.5 Å². The second kappa shape index (κ2) is 5.07. The number of aryl methyl sites for hydroxylation is 1. The molecular weight excluding hydrogens is 288 g/mol. The van der Waals surface area contributed by atoms with Gasteiger partial charge in [-0.2, -0.15) is 5.10 Å². The Labute approximate surface area is 124 Å². The van der Waals surface area contributed by atoms with Crippen molar-refractivity contribution in [3.63, 3.8) is 0 Å². The highest BCUT2D eigenvalue weighted by Crippen LogP contribution is 2.24. The fraction of sp³-hybridized carbons (Fsp3) is 0.357. The zero-order valence-electron chi connectivity index (χ0n) is 12.6. The van der Waals surface area contributed by atoms with Gasteiger partial charge in [0, 0.05) is 22.9 Å². The monoisotopic (exact) mass is 308 g/mol. The van der Waals surface area contributed by atoms with Crippen molar-refractivity contribution in [1.29, 1.82) is 0 Å². The van der Waals surface area contributed by atoms with Gasteiger partial charge < -0.3 is 5.73 Å². The van der Waals surface area contributed by atoms with Crippen molar-refractivity contribution in [2.45, 2.75) is 38.0 Å². The molecule has 0 saturated heterocycles. The van der Waals surface area contributed by atoms with Crippen molar-refractivity contribution in [2.75, 3.05) is 10.5 Å². The summed E-state index contributed by atoms with van der Waals surface area (Å²) in [6.45, 7) is 7.84. The van der Waals surface area contributed by atoms with Crippen LogP contribution >= 0.6 is 0 Å². The standard InChI is InChI=1S/C14H20N4O2S/c1-9-5-10(15)7-11(6-9)21(19,20)18-13-8-12(16-17-13)14(2,3)4/h5-8H,15H2,1-4H3,(H2,16,17,18). The van der Waals surface area contributed by atoms with Crippen LogP contribution in [-0.4, -0.2) is 18.6 Å². The highest BCUT2D eigenvalue weighted by atomic mass is 32.2. The summed E-state index contributed by atoms with van der Waals surface area (Å²) in [4.78, 5) is 0.125. The Morgan fingerprint density at radius 2 is 1.86 bits per heavy atom. The number of sulfonamides is 1. The van der Waals surface area contributed by atoms with Crippen molar-refractivity contribution in [3.8, 4) is 0 Å². The fourth-order valence-electron chi connectivity index (χ4n) is 1.89. The van der Waals surface area contributed by atoms with E-state index in [1.54, 1.807) is 25.1 Å². The molecule has 0 radical (unpaired) electrons. The second-order valence-corrected chi connectivity index (χ2v) is 7.78. The Morgan fingerprint density at radius 1 is 1.19 bits per heavy atom. The summed E-state index contributed by atoms with van der Waals surface area (Å²) >= 11 is 0. The molecule has 0 aliphatic heterocycles. The van der Waals surface area contributed by atoms with Gasteiger partial charge in [0.2, 0.25) is 0 Å². The SMILES string of the molecule is Cc1cc(N)cc(S(=O)(=O)Nc2cc(C(C)(C)C)[nH]n2)c1. The third kappa shape index (κ3) is 3.55. The highest BCUT2D eigenvalue weighted by molar-refractivity contribution is 7.92. The normalized spacial score (nSPS) is 12.4. The molecule has 21 heavy (non-hydrogen) atoms. The summed E-state index contributed by atoms with van der Waals surface area (Å²) in [7, 11) is -3.70. The fourth-order valence-corrected chi connectivity index (χ4v) is 3.02. The smallest absolute Gasteiger partial charge is 0.263 e. The maximum atomic E-state index is 12.3. The topological polar surface area (TPSA) is 101 Å². The molecule has 0 unspecified atom stereocenters. The summed E-state index contributed by atoms with van der Waals surface area (Å²) in [6.07, 6.45) is 0. The summed E-state index contributed by atoms with van der Waals surface area (Å²) < 4.78 is 27.1. The molecule has 7 heteroatoms. The maximum Gasteiger partial charge on any atom is 0.263 e. The van der Waals surface area contributed by atoms with Crippen LogP contribution in [0.5, 0.6) is 0 Å². The average Bonchev–Trinajstić information content (AvgIpc) is 2.75. The molecule has 0 bridgehead atoms. The lowest BCUT2D eigenvalue weighted by Crippen LogP contribution is -2.14. The lowest BCUT2D eigenvalue weighted by Gasteiger charge is -2.14. The van der Waals surface area contributed by atoms with Crippen molar-refractivity contribution in [3.05, 3.63) is 35.5 Å². The first-order valence-corrected chi connectivity index (χ1v) is 8.02. The number of hydrogen-bond donors (Lipinski definition) is 3. The van der Waals surface area contributed by atoms with E-state index in [2.05, 4.69) is 14.9 Å². The molecule has 0 atom stereocenters. The van der Waals surface area contributed by atoms with Gasteiger partial charge in [-0.3, -0.25) is 9.82 Å². The first kappa shape index (κ1) is 15.4. The van der Waals surface area contributed by atoms with E-state index in [0.29, 0.717) is 5.69 Å². The molecule has 2 rings (SSSR count). The van der Waals surface area contributed by atoms with Crippen LogP contribution in [0.2, 0.25) is 0 Å². The minimum Gasteiger partial charge on any atom is -0.399 e. The van der Waals surface area contributed by atoms with Gasteiger partial charge in [-0.25, -0.2) is 8.42 Å². The van der Waals surface area contributed by atoms with Crippen LogP contribution in [0, 0.1) is 6.92 Å². The number of nitrogens with one attached hydrogen (secondary N) is 2. The summed E-state index contributed by atoms with van der Waals surface area (Å²) in [5.41, 5.74) is 7.61. The van der Waals surface area contributed by atoms with Gasteiger partial charge in [0.05, 0.1) is 4.90 Å². The van der Waals surface area contributed by atoms with E-state index in [-0.39, 0.29) is 16.1 Å². The van der Waals surface area contributed by atoms with Gasteiger partial charge in [0.15, 0.2) is 5.82 Å². The number of aromatic nitrogens is 2. The van der Waals surface area contributed by atoms with Crippen LogP contribution in [0.1, 0.15) is 32.0 Å². The molecule has 2 aromatic rings. The number of hydrogen-bond acceptors (Lipinski definition) is 4. The third-order valence-corrected chi connectivity index (χ3v) is 4.34. The van der Waals surface area contributed by atoms with E-state index < -0.39 is 10.0 Å². The molecule has 4 N–H and O–H groups in total. The first-order valence-electron chi connectivity index (χ1n) is 6.54. The van der Waals surface area contributed by atoms with E-state index >= 15 is 0 Å². The van der Waals surface area contributed by atoms with E-state index in [1.165, 1.54) is 6.07 Å². The van der Waals surface area contributed by atoms with Crippen molar-refractivity contribution in [1.82, 2.24) is 10.2 Å². The average molecular weight is 308 g/mol. The molecule has 6 nitrogen and oxygen atoms in total. The molecule has 1 aromatic carbocycles. The van der Waals surface area contributed by atoms with Crippen LogP contribution in [0.15, 0.2) is 29.2 Å². The van der Waals surface area contributed by atoms with Crippen LogP contribution in [0.3, 0.4) is 0 Å². The molecule has 1 aromatic heterocycles.